The first-order valence-corrected chi connectivity index (χ1v) is 9.95. The van der Waals surface area contributed by atoms with E-state index in [1.807, 2.05) is 0 Å². The van der Waals surface area contributed by atoms with Crippen LogP contribution >= 0.6 is 0 Å². The van der Waals surface area contributed by atoms with Crippen molar-refractivity contribution >= 4 is 10.9 Å². The number of aryl methyl sites for hydroxylation is 2. The van der Waals surface area contributed by atoms with E-state index in [2.05, 4.69) is 118 Å². The van der Waals surface area contributed by atoms with Gasteiger partial charge in [-0.25, -0.2) is 0 Å². The van der Waals surface area contributed by atoms with Gasteiger partial charge in [-0.2, -0.15) is 4.57 Å². The molecule has 4 aromatic rings. The average molecular weight is 370 g/mol. The smallest absolute Gasteiger partial charge is 0.214 e. The monoisotopic (exact) mass is 369 g/mol. The summed E-state index contributed by atoms with van der Waals surface area (Å²) in [6.45, 7) is 11.3. The highest BCUT2D eigenvalue weighted by atomic mass is 15.0. The van der Waals surface area contributed by atoms with Gasteiger partial charge in [0, 0.05) is 59.9 Å². The Morgan fingerprint density at radius 2 is 1.57 bits per heavy atom. The first-order chi connectivity index (χ1) is 13.3. The Hall–Kier alpha value is -2.87. The highest BCUT2D eigenvalue weighted by Gasteiger charge is 2.24. The molecule has 0 aliphatic heterocycles. The number of aromatic nitrogens is 2. The molecule has 0 saturated heterocycles. The zero-order valence-corrected chi connectivity index (χ0v) is 17.7. The molecule has 0 fully saturated rings. The first kappa shape index (κ1) is 18.5. The summed E-state index contributed by atoms with van der Waals surface area (Å²) in [6.07, 6.45) is 2.16. The minimum Gasteiger partial charge on any atom is -0.344 e. The number of benzene rings is 2. The van der Waals surface area contributed by atoms with Gasteiger partial charge in [-0.1, -0.05) is 45.0 Å². The summed E-state index contributed by atoms with van der Waals surface area (Å²) in [7, 11) is 2.17. The van der Waals surface area contributed by atoms with Crippen LogP contribution in [0, 0.1) is 13.8 Å². The maximum absolute atomic E-state index is 2.38. The summed E-state index contributed by atoms with van der Waals surface area (Å²) in [5.74, 6) is 0. The van der Waals surface area contributed by atoms with Crippen LogP contribution in [0.5, 0.6) is 0 Å². The summed E-state index contributed by atoms with van der Waals surface area (Å²) in [5, 5.41) is 1.28. The van der Waals surface area contributed by atoms with Gasteiger partial charge in [0.15, 0.2) is 11.9 Å². The Morgan fingerprint density at radius 3 is 2.25 bits per heavy atom. The van der Waals surface area contributed by atoms with E-state index in [4.69, 9.17) is 0 Å². The fourth-order valence-corrected chi connectivity index (χ4v) is 3.99. The molecule has 0 spiro atoms. The van der Waals surface area contributed by atoms with Crippen LogP contribution in [-0.2, 0) is 12.5 Å². The van der Waals surface area contributed by atoms with Crippen LogP contribution in [0.25, 0.3) is 27.8 Å². The highest BCUT2D eigenvalue weighted by Crippen LogP contribution is 2.35. The maximum Gasteiger partial charge on any atom is 0.214 e. The molecule has 0 bridgehead atoms. The summed E-state index contributed by atoms with van der Waals surface area (Å²) in [5.41, 5.74) is 9.05. The highest BCUT2D eigenvalue weighted by molar-refractivity contribution is 5.88. The Morgan fingerprint density at radius 1 is 0.857 bits per heavy atom. The van der Waals surface area contributed by atoms with Crippen molar-refractivity contribution in [2.45, 2.75) is 40.0 Å². The minimum atomic E-state index is 0.0744. The summed E-state index contributed by atoms with van der Waals surface area (Å²) >= 11 is 0. The first-order valence-electron chi connectivity index (χ1n) is 9.95. The molecule has 2 nitrogen and oxygen atoms in total. The van der Waals surface area contributed by atoms with E-state index in [-0.39, 0.29) is 5.41 Å². The third kappa shape index (κ3) is 3.03. The predicted molar refractivity (Wildman–Crippen MR) is 118 cm³/mol. The van der Waals surface area contributed by atoms with Crippen LogP contribution in [-0.4, -0.2) is 4.57 Å². The molecule has 2 heteroatoms. The van der Waals surface area contributed by atoms with Crippen LogP contribution in [0.4, 0.5) is 0 Å². The molecule has 0 aliphatic carbocycles. The second kappa shape index (κ2) is 6.63. The largest absolute Gasteiger partial charge is 0.344 e. The summed E-state index contributed by atoms with van der Waals surface area (Å²) < 4.78 is 4.62. The Balaban J connectivity index is 2.05. The van der Waals surface area contributed by atoms with Gasteiger partial charge in [-0.05, 0) is 36.1 Å². The van der Waals surface area contributed by atoms with Crippen molar-refractivity contribution in [1.82, 2.24) is 4.57 Å². The molecule has 0 atom stereocenters. The number of hydrogen-bond acceptors (Lipinski definition) is 0. The number of nitrogens with zero attached hydrogens (tertiary/aromatic N) is 2. The van der Waals surface area contributed by atoms with Gasteiger partial charge in [-0.15, -0.1) is 0 Å². The molecule has 142 valence electrons. The van der Waals surface area contributed by atoms with Gasteiger partial charge in [-0.3, -0.25) is 0 Å². The van der Waals surface area contributed by atoms with Gasteiger partial charge in [0.1, 0.15) is 0 Å². The summed E-state index contributed by atoms with van der Waals surface area (Å²) in [4.78, 5) is 0. The van der Waals surface area contributed by atoms with Gasteiger partial charge < -0.3 is 4.57 Å². The second-order valence-electron chi connectivity index (χ2n) is 8.78. The predicted octanol–water partition coefficient (Wildman–Crippen LogP) is 6.04. The van der Waals surface area contributed by atoms with E-state index in [0.717, 1.165) is 0 Å². The van der Waals surface area contributed by atoms with Crippen LogP contribution in [0.2, 0.25) is 0 Å². The lowest BCUT2D eigenvalue weighted by Gasteiger charge is -2.22. The lowest BCUT2D eigenvalue weighted by molar-refractivity contribution is -0.603. The third-order valence-corrected chi connectivity index (χ3v) is 5.80. The molecule has 4 rings (SSSR count). The maximum atomic E-state index is 2.38. The average Bonchev–Trinajstić information content (AvgIpc) is 2.99. The molecule has 0 N–H and O–H groups in total. The van der Waals surface area contributed by atoms with E-state index in [1.54, 1.807) is 0 Å². The van der Waals surface area contributed by atoms with E-state index >= 15 is 0 Å². The molecular formula is C26H29N2+. The van der Waals surface area contributed by atoms with Crippen molar-refractivity contribution in [3.05, 3.63) is 83.7 Å². The van der Waals surface area contributed by atoms with Gasteiger partial charge in [0.05, 0.1) is 0 Å². The van der Waals surface area contributed by atoms with Gasteiger partial charge >= 0.3 is 0 Å². The van der Waals surface area contributed by atoms with Crippen LogP contribution in [0.3, 0.4) is 0 Å². The number of rotatable bonds is 2. The number of pyridine rings is 1. The fraction of sp³-hybridized carbons (Fsp3) is 0.269. The van der Waals surface area contributed by atoms with Crippen molar-refractivity contribution < 1.29 is 4.57 Å². The summed E-state index contributed by atoms with van der Waals surface area (Å²) in [6, 6.07) is 22.0. The molecule has 28 heavy (non-hydrogen) atoms. The van der Waals surface area contributed by atoms with Crippen LogP contribution in [0.1, 0.15) is 37.6 Å². The molecule has 0 amide bonds. The van der Waals surface area contributed by atoms with Crippen molar-refractivity contribution in [3.8, 4) is 16.9 Å². The van der Waals surface area contributed by atoms with E-state index in [9.17, 15) is 0 Å². The van der Waals surface area contributed by atoms with Crippen molar-refractivity contribution in [1.29, 1.82) is 0 Å². The molecule has 0 unspecified atom stereocenters. The zero-order chi connectivity index (χ0) is 20.1. The van der Waals surface area contributed by atoms with E-state index < -0.39 is 0 Å². The lowest BCUT2D eigenvalue weighted by atomic mass is 9.84. The van der Waals surface area contributed by atoms with Crippen molar-refractivity contribution in [3.63, 3.8) is 0 Å². The number of fused-ring (bicyclic) bond motifs is 1. The van der Waals surface area contributed by atoms with Crippen molar-refractivity contribution in [2.75, 3.05) is 0 Å². The molecule has 2 aromatic carbocycles. The topological polar surface area (TPSA) is 8.81 Å². The Bertz CT molecular complexity index is 1170. The molecule has 0 saturated carbocycles. The molecular weight excluding hydrogens is 340 g/mol. The lowest BCUT2D eigenvalue weighted by Crippen LogP contribution is -2.35. The van der Waals surface area contributed by atoms with E-state index in [1.165, 1.54) is 44.7 Å². The fourth-order valence-electron chi connectivity index (χ4n) is 3.99. The third-order valence-electron chi connectivity index (χ3n) is 5.80. The molecule has 0 radical (unpaired) electrons. The number of para-hydroxylation sites is 1. The standard InChI is InChI=1S/C26H29N2/c1-18-11-9-10-14-28(18)24-17-21(26(3,4)5)16-22(19(24)2)25-15-20-12-7-8-13-23(20)27(25)6/h7-17H,1-6H3/q+1. The van der Waals surface area contributed by atoms with Gasteiger partial charge in [0.25, 0.3) is 0 Å². The minimum absolute atomic E-state index is 0.0744. The molecule has 2 aromatic heterocycles. The SMILES string of the molecule is Cc1c(-c2cc3ccccc3n2C)cc(C(C)(C)C)cc1-[n+]1ccccc1C. The second-order valence-corrected chi connectivity index (χ2v) is 8.78. The quantitative estimate of drug-likeness (QED) is 0.381. The Labute approximate surface area is 168 Å². The molecule has 2 heterocycles. The van der Waals surface area contributed by atoms with E-state index in [0.29, 0.717) is 0 Å². The van der Waals surface area contributed by atoms with Gasteiger partial charge in [0.2, 0.25) is 5.69 Å². The normalized spacial score (nSPS) is 11.9. The van der Waals surface area contributed by atoms with Crippen molar-refractivity contribution in [2.24, 2.45) is 7.05 Å². The molecule has 0 aliphatic rings. The zero-order valence-electron chi connectivity index (χ0n) is 17.7. The number of hydrogen-bond donors (Lipinski definition) is 0. The van der Waals surface area contributed by atoms with Crippen LogP contribution in [0.15, 0.2) is 66.9 Å². The Kier molecular flexibility index (Phi) is 4.38. The van der Waals surface area contributed by atoms with Crippen LogP contribution < -0.4 is 4.57 Å².